The maximum absolute atomic E-state index is 12.8. The van der Waals surface area contributed by atoms with Gasteiger partial charge in [-0.3, -0.25) is 4.79 Å². The number of hydrogen-bond donors (Lipinski definition) is 0. The predicted molar refractivity (Wildman–Crippen MR) is 74.6 cm³/mol. The summed E-state index contributed by atoms with van der Waals surface area (Å²) in [5.74, 6) is 0.00399. The molecule has 2 rings (SSSR count). The molecular weight excluding hydrogens is 311 g/mol. The van der Waals surface area contributed by atoms with E-state index in [0.29, 0.717) is 11.8 Å². The monoisotopic (exact) mass is 321 g/mol. The van der Waals surface area contributed by atoms with Crippen LogP contribution >= 0.6 is 0 Å². The molecule has 0 spiro atoms. The van der Waals surface area contributed by atoms with Crippen molar-refractivity contribution >= 4 is 6.29 Å². The molecular formula is C16H10F3NO3. The van der Waals surface area contributed by atoms with E-state index in [9.17, 15) is 18.0 Å². The van der Waals surface area contributed by atoms with E-state index in [1.807, 2.05) is 0 Å². The van der Waals surface area contributed by atoms with Crippen molar-refractivity contribution in [2.24, 2.45) is 0 Å². The molecule has 2 aromatic carbocycles. The van der Waals surface area contributed by atoms with E-state index in [2.05, 4.69) is 0 Å². The largest absolute Gasteiger partial charge is 0.493 e. The maximum atomic E-state index is 12.8. The van der Waals surface area contributed by atoms with Crippen molar-refractivity contribution in [1.29, 1.82) is 5.26 Å². The molecule has 2 aromatic rings. The number of ether oxygens (including phenoxy) is 2. The number of benzene rings is 2. The third-order valence-electron chi connectivity index (χ3n) is 2.97. The van der Waals surface area contributed by atoms with Crippen LogP contribution in [-0.4, -0.2) is 13.4 Å². The zero-order chi connectivity index (χ0) is 17.0. The summed E-state index contributed by atoms with van der Waals surface area (Å²) >= 11 is 0. The highest BCUT2D eigenvalue weighted by Gasteiger charge is 2.31. The molecule has 0 radical (unpaired) electrons. The Bertz CT molecular complexity index is 779. The molecule has 23 heavy (non-hydrogen) atoms. The second-order valence-corrected chi connectivity index (χ2v) is 4.45. The van der Waals surface area contributed by atoms with Crippen LogP contribution < -0.4 is 9.47 Å². The zero-order valence-electron chi connectivity index (χ0n) is 11.8. The van der Waals surface area contributed by atoms with Crippen LogP contribution in [0.3, 0.4) is 0 Å². The molecule has 0 saturated carbocycles. The van der Waals surface area contributed by atoms with Gasteiger partial charge in [-0.05, 0) is 36.4 Å². The molecule has 0 aromatic heterocycles. The van der Waals surface area contributed by atoms with Crippen LogP contribution in [0.5, 0.6) is 17.2 Å². The summed E-state index contributed by atoms with van der Waals surface area (Å²) in [4.78, 5) is 10.7. The molecule has 7 heteroatoms. The normalized spacial score (nSPS) is 10.7. The van der Waals surface area contributed by atoms with Gasteiger partial charge < -0.3 is 9.47 Å². The predicted octanol–water partition coefficient (Wildman–Crippen LogP) is 4.19. The number of alkyl halides is 3. The third-order valence-corrected chi connectivity index (χ3v) is 2.97. The summed E-state index contributed by atoms with van der Waals surface area (Å²) in [7, 11) is 1.33. The summed E-state index contributed by atoms with van der Waals surface area (Å²) in [5.41, 5.74) is -0.673. The summed E-state index contributed by atoms with van der Waals surface area (Å²) in [6.45, 7) is 0. The van der Waals surface area contributed by atoms with Crippen molar-refractivity contribution in [3.8, 4) is 23.3 Å². The number of carbonyl (C=O) groups is 1. The van der Waals surface area contributed by atoms with Crippen molar-refractivity contribution in [3.05, 3.63) is 53.1 Å². The van der Waals surface area contributed by atoms with E-state index in [4.69, 9.17) is 14.7 Å². The van der Waals surface area contributed by atoms with Crippen LogP contribution in [0.4, 0.5) is 13.2 Å². The van der Waals surface area contributed by atoms with Crippen molar-refractivity contribution in [1.82, 2.24) is 0 Å². The molecule has 0 bridgehead atoms. The molecule has 4 nitrogen and oxygen atoms in total. The summed E-state index contributed by atoms with van der Waals surface area (Å²) < 4.78 is 48.8. The zero-order valence-corrected chi connectivity index (χ0v) is 11.8. The van der Waals surface area contributed by atoms with E-state index in [-0.39, 0.29) is 22.8 Å². The SMILES string of the molecule is COc1cc(C=O)ccc1Oc1cc(C(F)(F)F)ccc1C#N. The highest BCUT2D eigenvalue weighted by Crippen LogP contribution is 2.37. The molecule has 0 fully saturated rings. The number of methoxy groups -OCH3 is 1. The second-order valence-electron chi connectivity index (χ2n) is 4.45. The first-order valence-corrected chi connectivity index (χ1v) is 6.31. The first-order chi connectivity index (χ1) is 10.9. The number of carbonyl (C=O) groups excluding carboxylic acids is 1. The quantitative estimate of drug-likeness (QED) is 0.792. The maximum Gasteiger partial charge on any atom is 0.416 e. The lowest BCUT2D eigenvalue weighted by Crippen LogP contribution is -2.05. The fraction of sp³-hybridized carbons (Fsp3) is 0.125. The average molecular weight is 321 g/mol. The Morgan fingerprint density at radius 2 is 1.83 bits per heavy atom. The van der Waals surface area contributed by atoms with Gasteiger partial charge in [0.2, 0.25) is 0 Å². The summed E-state index contributed by atoms with van der Waals surface area (Å²) in [6, 6.07) is 8.52. The van der Waals surface area contributed by atoms with Crippen LogP contribution in [0, 0.1) is 11.3 Å². The molecule has 0 heterocycles. The molecule has 0 amide bonds. The highest BCUT2D eigenvalue weighted by molar-refractivity contribution is 5.76. The van der Waals surface area contributed by atoms with Crippen molar-refractivity contribution < 1.29 is 27.4 Å². The highest BCUT2D eigenvalue weighted by atomic mass is 19.4. The topological polar surface area (TPSA) is 59.3 Å². The van der Waals surface area contributed by atoms with Crippen LogP contribution in [0.15, 0.2) is 36.4 Å². The Hall–Kier alpha value is -3.01. The van der Waals surface area contributed by atoms with Crippen LogP contribution in [0.25, 0.3) is 0 Å². The number of halogens is 3. The summed E-state index contributed by atoms with van der Waals surface area (Å²) in [6.07, 6.45) is -3.96. The van der Waals surface area contributed by atoms with Crippen molar-refractivity contribution in [2.45, 2.75) is 6.18 Å². The second kappa shape index (κ2) is 6.40. The van der Waals surface area contributed by atoms with Gasteiger partial charge in [0.1, 0.15) is 18.1 Å². The Kier molecular flexibility index (Phi) is 4.55. The fourth-order valence-corrected chi connectivity index (χ4v) is 1.84. The van der Waals surface area contributed by atoms with Gasteiger partial charge in [0, 0.05) is 5.56 Å². The number of rotatable bonds is 4. The van der Waals surface area contributed by atoms with Crippen molar-refractivity contribution in [2.75, 3.05) is 7.11 Å². The van der Waals surface area contributed by atoms with Gasteiger partial charge in [0.15, 0.2) is 11.5 Å². The Labute approximate surface area is 129 Å². The molecule has 0 unspecified atom stereocenters. The number of nitrogens with zero attached hydrogens (tertiary/aromatic N) is 1. The number of nitriles is 1. The van der Waals surface area contributed by atoms with E-state index in [1.54, 1.807) is 6.07 Å². The standard InChI is InChI=1S/C16H10F3NO3/c1-22-15-6-10(9-21)2-5-13(15)23-14-7-12(16(17,18)19)4-3-11(14)8-20/h2-7,9H,1H3. The van der Waals surface area contributed by atoms with Crippen LogP contribution in [-0.2, 0) is 6.18 Å². The summed E-state index contributed by atoms with van der Waals surface area (Å²) in [5, 5.41) is 9.01. The van der Waals surface area contributed by atoms with E-state index in [0.717, 1.165) is 18.2 Å². The third kappa shape index (κ3) is 3.61. The lowest BCUT2D eigenvalue weighted by molar-refractivity contribution is -0.137. The van der Waals surface area contributed by atoms with Crippen LogP contribution in [0.1, 0.15) is 21.5 Å². The van der Waals surface area contributed by atoms with Gasteiger partial charge in [-0.1, -0.05) is 0 Å². The molecule has 0 aliphatic rings. The van der Waals surface area contributed by atoms with E-state index < -0.39 is 11.7 Å². The molecule has 0 atom stereocenters. The Balaban J connectivity index is 2.47. The van der Waals surface area contributed by atoms with E-state index in [1.165, 1.54) is 25.3 Å². The molecule has 0 aliphatic carbocycles. The average Bonchev–Trinajstić information content (AvgIpc) is 2.54. The first-order valence-electron chi connectivity index (χ1n) is 6.31. The Morgan fingerprint density at radius 1 is 1.09 bits per heavy atom. The smallest absolute Gasteiger partial charge is 0.416 e. The van der Waals surface area contributed by atoms with Gasteiger partial charge in [0.25, 0.3) is 0 Å². The lowest BCUT2D eigenvalue weighted by atomic mass is 10.1. The Morgan fingerprint density at radius 3 is 2.39 bits per heavy atom. The minimum atomic E-state index is -4.56. The minimum absolute atomic E-state index is 0.0560. The van der Waals surface area contributed by atoms with Crippen LogP contribution in [0.2, 0.25) is 0 Å². The molecule has 118 valence electrons. The van der Waals surface area contributed by atoms with Gasteiger partial charge in [0.05, 0.1) is 18.2 Å². The molecule has 0 saturated heterocycles. The van der Waals surface area contributed by atoms with Crippen molar-refractivity contribution in [3.63, 3.8) is 0 Å². The van der Waals surface area contributed by atoms with Gasteiger partial charge >= 0.3 is 6.18 Å². The lowest BCUT2D eigenvalue weighted by Gasteiger charge is -2.13. The van der Waals surface area contributed by atoms with Gasteiger partial charge in [-0.25, -0.2) is 0 Å². The fourth-order valence-electron chi connectivity index (χ4n) is 1.84. The first kappa shape index (κ1) is 16.4. The molecule has 0 aliphatic heterocycles. The molecule has 0 N–H and O–H groups in total. The minimum Gasteiger partial charge on any atom is -0.493 e. The number of hydrogen-bond acceptors (Lipinski definition) is 4. The van der Waals surface area contributed by atoms with E-state index >= 15 is 0 Å². The van der Waals surface area contributed by atoms with Gasteiger partial charge in [-0.2, -0.15) is 18.4 Å². The van der Waals surface area contributed by atoms with Gasteiger partial charge in [-0.15, -0.1) is 0 Å². The number of aldehydes is 1.